The summed E-state index contributed by atoms with van der Waals surface area (Å²) in [7, 11) is 0. The molecule has 2 heterocycles. The molecule has 27 heavy (non-hydrogen) atoms. The lowest BCUT2D eigenvalue weighted by Crippen LogP contribution is -2.52. The zero-order chi connectivity index (χ0) is 19.1. The van der Waals surface area contributed by atoms with Crippen LogP contribution in [0, 0.1) is 0 Å². The topological polar surface area (TPSA) is 42.0 Å². The highest BCUT2D eigenvalue weighted by Gasteiger charge is 2.33. The average Bonchev–Trinajstić information content (AvgIpc) is 2.72. The van der Waals surface area contributed by atoms with E-state index in [1.165, 1.54) is 5.56 Å². The minimum absolute atomic E-state index is 0.312. The van der Waals surface area contributed by atoms with E-state index in [1.807, 2.05) is 13.8 Å². The molecule has 1 aromatic rings. The van der Waals surface area contributed by atoms with Gasteiger partial charge in [0.1, 0.15) is 5.75 Å². The number of nitrogens with zero attached hydrogens (tertiary/aromatic N) is 2. The number of hydrogen-bond acceptors (Lipinski definition) is 4. The molecule has 0 aliphatic carbocycles. The molecule has 0 unspecified atom stereocenters. The number of ether oxygens (including phenoxy) is 2. The van der Waals surface area contributed by atoms with Crippen LogP contribution >= 0.6 is 0 Å². The second-order valence-electron chi connectivity index (χ2n) is 7.58. The van der Waals surface area contributed by atoms with Crippen molar-refractivity contribution < 1.29 is 14.3 Å². The minimum Gasteiger partial charge on any atom is -0.494 e. The Bertz CT molecular complexity index is 576. The van der Waals surface area contributed by atoms with Crippen molar-refractivity contribution in [2.75, 3.05) is 32.9 Å². The first kappa shape index (κ1) is 20.2. The number of likely N-dealkylation sites (tertiary alicyclic amines) is 1. The van der Waals surface area contributed by atoms with Gasteiger partial charge >= 0.3 is 0 Å². The van der Waals surface area contributed by atoms with Crippen LogP contribution in [0.2, 0.25) is 0 Å². The Morgan fingerprint density at radius 2 is 1.70 bits per heavy atom. The molecule has 2 aliphatic rings. The van der Waals surface area contributed by atoms with Crippen LogP contribution in [0.15, 0.2) is 24.3 Å². The second-order valence-corrected chi connectivity index (χ2v) is 7.58. The molecule has 2 aliphatic heterocycles. The standard InChI is InChI=1S/C22H34N2O3/c1-3-22(25)24(20-11-15-26-16-12-20)19-9-13-23(14-10-19)17-18-5-7-21(8-6-18)27-4-2/h5-8,19-20H,3-4,9-17H2,1-2H3. The van der Waals surface area contributed by atoms with Gasteiger partial charge in [0.05, 0.1) is 6.61 Å². The molecule has 0 saturated carbocycles. The van der Waals surface area contributed by atoms with Crippen LogP contribution in [-0.4, -0.2) is 60.7 Å². The van der Waals surface area contributed by atoms with E-state index in [0.717, 1.165) is 64.3 Å². The summed E-state index contributed by atoms with van der Waals surface area (Å²) >= 11 is 0. The van der Waals surface area contributed by atoms with Crippen LogP contribution in [0.25, 0.3) is 0 Å². The highest BCUT2D eigenvalue weighted by atomic mass is 16.5. The van der Waals surface area contributed by atoms with Gasteiger partial charge in [0.2, 0.25) is 5.91 Å². The van der Waals surface area contributed by atoms with E-state index < -0.39 is 0 Å². The Balaban J connectivity index is 1.53. The molecule has 2 fully saturated rings. The maximum absolute atomic E-state index is 12.6. The Morgan fingerprint density at radius 1 is 1.07 bits per heavy atom. The van der Waals surface area contributed by atoms with Crippen molar-refractivity contribution in [2.24, 2.45) is 0 Å². The third kappa shape index (κ3) is 5.45. The van der Waals surface area contributed by atoms with Crippen LogP contribution in [0.4, 0.5) is 0 Å². The summed E-state index contributed by atoms with van der Waals surface area (Å²) in [5.74, 6) is 1.25. The molecule has 0 aromatic heterocycles. The van der Waals surface area contributed by atoms with E-state index in [9.17, 15) is 4.79 Å². The highest BCUT2D eigenvalue weighted by molar-refractivity contribution is 5.76. The van der Waals surface area contributed by atoms with Crippen LogP contribution in [0.1, 0.15) is 51.5 Å². The normalized spacial score (nSPS) is 19.8. The number of benzene rings is 1. The first-order chi connectivity index (χ1) is 13.2. The van der Waals surface area contributed by atoms with Crippen molar-refractivity contribution in [1.29, 1.82) is 0 Å². The van der Waals surface area contributed by atoms with Gasteiger partial charge in [0.25, 0.3) is 0 Å². The minimum atomic E-state index is 0.312. The SMILES string of the molecule is CCOc1ccc(CN2CCC(N(C(=O)CC)C3CCOCC3)CC2)cc1. The molecular weight excluding hydrogens is 340 g/mol. The van der Waals surface area contributed by atoms with Crippen LogP contribution < -0.4 is 4.74 Å². The summed E-state index contributed by atoms with van der Waals surface area (Å²) < 4.78 is 11.0. The zero-order valence-corrected chi connectivity index (χ0v) is 16.9. The molecule has 0 bridgehead atoms. The average molecular weight is 375 g/mol. The van der Waals surface area contributed by atoms with Gasteiger partial charge in [0, 0.05) is 51.4 Å². The summed E-state index contributed by atoms with van der Waals surface area (Å²) in [5, 5.41) is 0. The first-order valence-electron chi connectivity index (χ1n) is 10.5. The van der Waals surface area contributed by atoms with Gasteiger partial charge in [-0.05, 0) is 50.3 Å². The number of hydrogen-bond donors (Lipinski definition) is 0. The van der Waals surface area contributed by atoms with E-state index in [2.05, 4.69) is 34.1 Å². The molecule has 0 spiro atoms. The smallest absolute Gasteiger partial charge is 0.222 e. The van der Waals surface area contributed by atoms with E-state index in [-0.39, 0.29) is 0 Å². The number of amides is 1. The molecule has 1 amide bonds. The summed E-state index contributed by atoms with van der Waals surface area (Å²) in [6, 6.07) is 9.18. The monoisotopic (exact) mass is 374 g/mol. The Labute approximate surface area is 163 Å². The molecular formula is C22H34N2O3. The van der Waals surface area contributed by atoms with Gasteiger partial charge in [-0.25, -0.2) is 0 Å². The van der Waals surface area contributed by atoms with Gasteiger partial charge in [-0.2, -0.15) is 0 Å². The molecule has 0 N–H and O–H groups in total. The van der Waals surface area contributed by atoms with Crippen molar-refractivity contribution in [2.45, 2.75) is 64.6 Å². The van der Waals surface area contributed by atoms with Crippen molar-refractivity contribution in [3.8, 4) is 5.75 Å². The van der Waals surface area contributed by atoms with Crippen molar-refractivity contribution in [3.05, 3.63) is 29.8 Å². The zero-order valence-electron chi connectivity index (χ0n) is 16.9. The fraction of sp³-hybridized carbons (Fsp3) is 0.682. The lowest BCUT2D eigenvalue weighted by atomic mass is 9.97. The van der Waals surface area contributed by atoms with Crippen LogP contribution in [-0.2, 0) is 16.1 Å². The maximum atomic E-state index is 12.6. The highest BCUT2D eigenvalue weighted by Crippen LogP contribution is 2.25. The van der Waals surface area contributed by atoms with Crippen molar-refractivity contribution in [3.63, 3.8) is 0 Å². The summed E-state index contributed by atoms with van der Waals surface area (Å²) in [6.45, 7) is 9.33. The first-order valence-corrected chi connectivity index (χ1v) is 10.5. The van der Waals surface area contributed by atoms with Gasteiger partial charge in [-0.1, -0.05) is 19.1 Å². The molecule has 2 saturated heterocycles. The Hall–Kier alpha value is -1.59. The van der Waals surface area contributed by atoms with Crippen LogP contribution in [0.3, 0.4) is 0 Å². The molecule has 3 rings (SSSR count). The predicted octanol–water partition coefficient (Wildman–Crippen LogP) is 3.47. The Kier molecular flexibility index (Phi) is 7.53. The number of carbonyl (C=O) groups is 1. The van der Waals surface area contributed by atoms with E-state index in [4.69, 9.17) is 9.47 Å². The summed E-state index contributed by atoms with van der Waals surface area (Å²) in [4.78, 5) is 17.4. The third-order valence-corrected chi connectivity index (χ3v) is 5.77. The van der Waals surface area contributed by atoms with E-state index in [0.29, 0.717) is 31.0 Å². The second kappa shape index (κ2) is 10.1. The summed E-state index contributed by atoms with van der Waals surface area (Å²) in [5.41, 5.74) is 1.32. The molecule has 5 heteroatoms. The fourth-order valence-electron chi connectivity index (χ4n) is 4.32. The summed E-state index contributed by atoms with van der Waals surface area (Å²) in [6.07, 6.45) is 4.71. The van der Waals surface area contributed by atoms with Crippen molar-refractivity contribution in [1.82, 2.24) is 9.80 Å². The predicted molar refractivity (Wildman–Crippen MR) is 107 cm³/mol. The number of rotatable bonds is 7. The van der Waals surface area contributed by atoms with E-state index in [1.54, 1.807) is 0 Å². The molecule has 150 valence electrons. The maximum Gasteiger partial charge on any atom is 0.222 e. The van der Waals surface area contributed by atoms with Gasteiger partial charge < -0.3 is 14.4 Å². The van der Waals surface area contributed by atoms with Gasteiger partial charge in [-0.15, -0.1) is 0 Å². The Morgan fingerprint density at radius 3 is 2.30 bits per heavy atom. The van der Waals surface area contributed by atoms with Gasteiger partial charge in [0.15, 0.2) is 0 Å². The third-order valence-electron chi connectivity index (χ3n) is 5.77. The van der Waals surface area contributed by atoms with Crippen molar-refractivity contribution >= 4 is 5.91 Å². The lowest BCUT2D eigenvalue weighted by Gasteiger charge is -2.43. The van der Waals surface area contributed by atoms with Gasteiger partial charge in [-0.3, -0.25) is 9.69 Å². The lowest BCUT2D eigenvalue weighted by molar-refractivity contribution is -0.139. The van der Waals surface area contributed by atoms with E-state index >= 15 is 0 Å². The fourth-order valence-corrected chi connectivity index (χ4v) is 4.32. The molecule has 5 nitrogen and oxygen atoms in total. The molecule has 0 atom stereocenters. The molecule has 0 radical (unpaired) electrons. The number of piperidine rings is 1. The van der Waals surface area contributed by atoms with Crippen LogP contribution in [0.5, 0.6) is 5.75 Å². The quantitative estimate of drug-likeness (QED) is 0.733. The largest absolute Gasteiger partial charge is 0.494 e. The number of carbonyl (C=O) groups excluding carboxylic acids is 1. The molecule has 1 aromatic carbocycles.